The molecule has 0 saturated heterocycles. The largest absolute Gasteiger partial charge is 0.472 e. The number of alkyl carbamates (subject to hydrolysis) is 1. The zero-order chi connectivity index (χ0) is 25.1. The molecule has 184 valence electrons. The minimum atomic E-state index is -0.958. The van der Waals surface area contributed by atoms with E-state index < -0.39 is 39.8 Å². The van der Waals surface area contributed by atoms with Gasteiger partial charge in [-0.15, -0.1) is 0 Å². The summed E-state index contributed by atoms with van der Waals surface area (Å²) in [6.07, 6.45) is 1.46. The highest BCUT2D eigenvalue weighted by molar-refractivity contribution is 6.31. The van der Waals surface area contributed by atoms with Crippen molar-refractivity contribution in [3.63, 3.8) is 0 Å². The van der Waals surface area contributed by atoms with Gasteiger partial charge in [0.1, 0.15) is 35.6 Å². The van der Waals surface area contributed by atoms with Gasteiger partial charge in [0, 0.05) is 6.54 Å². The normalized spacial score (nSPS) is 12.9. The minimum absolute atomic E-state index is 0.0195. The zero-order valence-electron chi connectivity index (χ0n) is 18.6. The van der Waals surface area contributed by atoms with Gasteiger partial charge in [-0.1, -0.05) is 23.7 Å². The summed E-state index contributed by atoms with van der Waals surface area (Å²) in [6, 6.07) is 7.09. The van der Waals surface area contributed by atoms with Gasteiger partial charge in [0.25, 0.3) is 5.56 Å². The maximum absolute atomic E-state index is 14.2. The smallest absolute Gasteiger partial charge is 0.407 e. The van der Waals surface area contributed by atoms with Crippen molar-refractivity contribution >= 4 is 17.7 Å². The molecule has 35 heavy (non-hydrogen) atoms. The van der Waals surface area contributed by atoms with Gasteiger partial charge in [0.15, 0.2) is 5.02 Å². The van der Waals surface area contributed by atoms with Gasteiger partial charge < -0.3 is 14.8 Å². The molecule has 2 aromatic carbocycles. The number of halogens is 4. The number of hydrogen-bond donors (Lipinski definition) is 1. The van der Waals surface area contributed by atoms with E-state index in [4.69, 9.17) is 21.1 Å². The highest BCUT2D eigenvalue weighted by Crippen LogP contribution is 2.29. The molecular formula is C24H21ClF3N3O4. The summed E-state index contributed by atoms with van der Waals surface area (Å²) in [6.45, 7) is 1.53. The zero-order valence-corrected chi connectivity index (χ0v) is 19.4. The average Bonchev–Trinajstić information content (AvgIpc) is 3.65. The number of ether oxygens (including phenoxy) is 2. The van der Waals surface area contributed by atoms with Crippen molar-refractivity contribution in [3.8, 4) is 11.6 Å². The summed E-state index contributed by atoms with van der Waals surface area (Å²) >= 11 is 6.12. The van der Waals surface area contributed by atoms with Gasteiger partial charge in [-0.2, -0.15) is 4.98 Å². The molecule has 0 spiro atoms. The topological polar surface area (TPSA) is 82.5 Å². The molecule has 4 rings (SSSR count). The van der Waals surface area contributed by atoms with Crippen LogP contribution in [0.2, 0.25) is 5.02 Å². The summed E-state index contributed by atoms with van der Waals surface area (Å²) in [7, 11) is 0. The van der Waals surface area contributed by atoms with Crippen LogP contribution in [0.1, 0.15) is 29.8 Å². The Hall–Kier alpha value is -3.53. The van der Waals surface area contributed by atoms with Crippen LogP contribution >= 0.6 is 11.6 Å². The molecule has 1 amide bonds. The monoisotopic (exact) mass is 507 g/mol. The maximum atomic E-state index is 14.2. The number of aryl methyl sites for hydroxylation is 1. The molecule has 1 heterocycles. The van der Waals surface area contributed by atoms with Crippen molar-refractivity contribution in [2.75, 3.05) is 6.61 Å². The summed E-state index contributed by atoms with van der Waals surface area (Å²) in [5, 5.41) is 2.08. The van der Waals surface area contributed by atoms with Crippen molar-refractivity contribution < 1.29 is 27.4 Å². The van der Waals surface area contributed by atoms with Crippen LogP contribution in [0.15, 0.2) is 41.2 Å². The summed E-state index contributed by atoms with van der Waals surface area (Å²) < 4.78 is 53.7. The molecule has 3 aromatic rings. The number of carbonyl (C=O) groups excluding carboxylic acids is 1. The lowest BCUT2D eigenvalue weighted by Crippen LogP contribution is -2.26. The van der Waals surface area contributed by atoms with E-state index in [0.29, 0.717) is 23.7 Å². The number of rotatable bonds is 8. The van der Waals surface area contributed by atoms with E-state index in [1.54, 1.807) is 0 Å². The highest BCUT2D eigenvalue weighted by Gasteiger charge is 2.23. The van der Waals surface area contributed by atoms with Crippen LogP contribution in [-0.4, -0.2) is 22.3 Å². The molecule has 1 fully saturated rings. The van der Waals surface area contributed by atoms with Crippen molar-refractivity contribution in [2.45, 2.75) is 32.9 Å². The molecule has 0 atom stereocenters. The summed E-state index contributed by atoms with van der Waals surface area (Å²) in [4.78, 5) is 28.7. The van der Waals surface area contributed by atoms with E-state index in [1.165, 1.54) is 31.2 Å². The predicted octanol–water partition coefficient (Wildman–Crippen LogP) is 4.83. The Morgan fingerprint density at radius 2 is 1.89 bits per heavy atom. The molecule has 1 N–H and O–H groups in total. The number of hydrogen-bond acceptors (Lipinski definition) is 5. The fraction of sp³-hybridized carbons (Fsp3) is 0.292. The fourth-order valence-corrected chi connectivity index (χ4v) is 3.57. The SMILES string of the molecule is Cc1nc(OCc2ccc(F)cc2CNC(=O)OCC2CC2)c(Cl)c(=O)n1-c1c(F)cccc1F. The van der Waals surface area contributed by atoms with Crippen LogP contribution in [0, 0.1) is 30.3 Å². The number of carbonyl (C=O) groups is 1. The molecule has 0 aliphatic heterocycles. The second-order valence-corrected chi connectivity index (χ2v) is 8.46. The second kappa shape index (κ2) is 10.4. The number of nitrogens with one attached hydrogen (secondary N) is 1. The lowest BCUT2D eigenvalue weighted by molar-refractivity contribution is 0.140. The predicted molar refractivity (Wildman–Crippen MR) is 121 cm³/mol. The second-order valence-electron chi connectivity index (χ2n) is 8.09. The minimum Gasteiger partial charge on any atom is -0.472 e. The molecule has 11 heteroatoms. The lowest BCUT2D eigenvalue weighted by Gasteiger charge is -2.15. The molecular weight excluding hydrogens is 487 g/mol. The fourth-order valence-electron chi connectivity index (χ4n) is 3.39. The molecule has 0 bridgehead atoms. The quantitative estimate of drug-likeness (QED) is 0.472. The molecule has 0 unspecified atom stereocenters. The van der Waals surface area contributed by atoms with Gasteiger partial charge in [0.2, 0.25) is 5.88 Å². The number of benzene rings is 2. The molecule has 1 saturated carbocycles. The Morgan fingerprint density at radius 3 is 2.57 bits per heavy atom. The van der Waals surface area contributed by atoms with Crippen molar-refractivity contribution in [2.24, 2.45) is 5.92 Å². The molecule has 1 aliphatic carbocycles. The van der Waals surface area contributed by atoms with Crippen molar-refractivity contribution in [3.05, 3.63) is 86.2 Å². The number of nitrogens with zero attached hydrogens (tertiary/aromatic N) is 2. The third kappa shape index (κ3) is 5.76. The number of amides is 1. The number of aromatic nitrogens is 2. The molecule has 1 aromatic heterocycles. The van der Waals surface area contributed by atoms with Gasteiger partial charge in [-0.3, -0.25) is 9.36 Å². The van der Waals surface area contributed by atoms with E-state index in [-0.39, 0.29) is 24.9 Å². The first-order chi connectivity index (χ1) is 16.7. The molecule has 0 radical (unpaired) electrons. The van der Waals surface area contributed by atoms with Gasteiger partial charge in [-0.25, -0.2) is 18.0 Å². The van der Waals surface area contributed by atoms with Crippen molar-refractivity contribution in [1.29, 1.82) is 0 Å². The van der Waals surface area contributed by atoms with Gasteiger partial charge in [0.05, 0.1) is 6.61 Å². The Kier molecular flexibility index (Phi) is 7.30. The van der Waals surface area contributed by atoms with E-state index >= 15 is 0 Å². The van der Waals surface area contributed by atoms with E-state index in [2.05, 4.69) is 10.3 Å². The van der Waals surface area contributed by atoms with E-state index in [0.717, 1.165) is 29.5 Å². The van der Waals surface area contributed by atoms with Crippen LogP contribution in [0.25, 0.3) is 5.69 Å². The Morgan fingerprint density at radius 1 is 1.17 bits per heavy atom. The summed E-state index contributed by atoms with van der Waals surface area (Å²) in [5.41, 5.74) is -0.606. The van der Waals surface area contributed by atoms with Gasteiger partial charge in [-0.05, 0) is 61.1 Å². The van der Waals surface area contributed by atoms with Crippen LogP contribution in [0.3, 0.4) is 0 Å². The van der Waals surface area contributed by atoms with Crippen molar-refractivity contribution in [1.82, 2.24) is 14.9 Å². The molecule has 1 aliphatic rings. The van der Waals surface area contributed by atoms with E-state index in [9.17, 15) is 22.8 Å². The van der Waals surface area contributed by atoms with E-state index in [1.807, 2.05) is 0 Å². The highest BCUT2D eigenvalue weighted by atomic mass is 35.5. The lowest BCUT2D eigenvalue weighted by atomic mass is 10.1. The first kappa shape index (κ1) is 24.6. The third-order valence-electron chi connectivity index (χ3n) is 5.43. The Balaban J connectivity index is 1.51. The first-order valence-electron chi connectivity index (χ1n) is 10.8. The van der Waals surface area contributed by atoms with Crippen LogP contribution in [0.5, 0.6) is 5.88 Å². The van der Waals surface area contributed by atoms with Crippen LogP contribution in [-0.2, 0) is 17.9 Å². The Labute approximate surface area is 203 Å². The Bertz CT molecular complexity index is 1310. The van der Waals surface area contributed by atoms with Crippen LogP contribution in [0.4, 0.5) is 18.0 Å². The molecule has 7 nitrogen and oxygen atoms in total. The standard InChI is InChI=1S/C24H21ClF3N3O4/c1-13-30-22(20(25)23(32)31(13)21-18(27)3-2-4-19(21)28)34-12-15-7-8-17(26)9-16(15)10-29-24(33)35-11-14-5-6-14/h2-4,7-9,14H,5-6,10-12H2,1H3,(H,29,33). The van der Waals surface area contributed by atoms with Crippen LogP contribution < -0.4 is 15.6 Å². The first-order valence-corrected chi connectivity index (χ1v) is 11.2. The van der Waals surface area contributed by atoms with Gasteiger partial charge >= 0.3 is 6.09 Å². The summed E-state index contributed by atoms with van der Waals surface area (Å²) in [5.74, 6) is -2.34. The third-order valence-corrected chi connectivity index (χ3v) is 5.75. The number of para-hydroxylation sites is 1. The average molecular weight is 508 g/mol. The maximum Gasteiger partial charge on any atom is 0.407 e.